The van der Waals surface area contributed by atoms with Crippen molar-refractivity contribution in [3.05, 3.63) is 59.7 Å². The number of carbonyl (C=O) groups is 2. The Bertz CT molecular complexity index is 750. The lowest BCUT2D eigenvalue weighted by Gasteiger charge is -2.36. The first kappa shape index (κ1) is 19.5. The summed E-state index contributed by atoms with van der Waals surface area (Å²) in [6.07, 6.45) is 0.735. The van der Waals surface area contributed by atoms with Crippen molar-refractivity contribution in [1.29, 1.82) is 0 Å². The van der Waals surface area contributed by atoms with Gasteiger partial charge < -0.3 is 14.4 Å². The van der Waals surface area contributed by atoms with Crippen molar-refractivity contribution in [2.75, 3.05) is 13.7 Å². The number of aldehydes is 1. The highest BCUT2D eigenvalue weighted by atomic mass is 16.5. The third-order valence-corrected chi connectivity index (χ3v) is 3.97. The largest absolute Gasteiger partial charge is 0.493 e. The molecule has 2 rings (SSSR count). The molecule has 0 aliphatic rings. The molecule has 138 valence electrons. The van der Waals surface area contributed by atoms with Crippen LogP contribution in [-0.4, -0.2) is 36.3 Å². The third-order valence-electron chi connectivity index (χ3n) is 3.97. The number of hydrogen-bond donors (Lipinski definition) is 0. The third kappa shape index (κ3) is 5.09. The van der Waals surface area contributed by atoms with E-state index in [9.17, 15) is 9.59 Å². The average molecular weight is 355 g/mol. The zero-order valence-electron chi connectivity index (χ0n) is 15.7. The molecular weight excluding hydrogens is 330 g/mol. The molecule has 26 heavy (non-hydrogen) atoms. The molecule has 0 saturated carbocycles. The van der Waals surface area contributed by atoms with Gasteiger partial charge in [0, 0.05) is 17.6 Å². The first-order chi connectivity index (χ1) is 12.3. The van der Waals surface area contributed by atoms with Crippen LogP contribution in [0.15, 0.2) is 48.5 Å². The molecule has 5 nitrogen and oxygen atoms in total. The summed E-state index contributed by atoms with van der Waals surface area (Å²) in [7, 11) is 1.50. The Balaban J connectivity index is 2.11. The first-order valence-corrected chi connectivity index (χ1v) is 8.45. The Labute approximate surface area is 154 Å². The second-order valence-electron chi connectivity index (χ2n) is 6.95. The minimum atomic E-state index is -0.345. The van der Waals surface area contributed by atoms with Gasteiger partial charge in [0.2, 0.25) is 0 Å². The van der Waals surface area contributed by atoms with Gasteiger partial charge in [0.1, 0.15) is 6.29 Å². The van der Waals surface area contributed by atoms with Gasteiger partial charge in [-0.25, -0.2) is 0 Å². The molecule has 0 atom stereocenters. The van der Waals surface area contributed by atoms with Crippen molar-refractivity contribution < 1.29 is 19.1 Å². The Morgan fingerprint density at radius 1 is 1.08 bits per heavy atom. The standard InChI is InChI=1S/C21H25NO4/c1-21(2,3)22(13-16-8-6-5-7-9-16)20(24)15-26-18-11-10-17(14-23)12-19(18)25-4/h5-12,14H,13,15H2,1-4H3. The van der Waals surface area contributed by atoms with Gasteiger partial charge in [0.25, 0.3) is 5.91 Å². The molecule has 5 heteroatoms. The van der Waals surface area contributed by atoms with Crippen LogP contribution in [0.25, 0.3) is 0 Å². The van der Waals surface area contributed by atoms with E-state index in [2.05, 4.69) is 0 Å². The van der Waals surface area contributed by atoms with Crippen LogP contribution in [0.2, 0.25) is 0 Å². The maximum absolute atomic E-state index is 12.8. The molecule has 0 heterocycles. The van der Waals surface area contributed by atoms with Gasteiger partial charge in [-0.1, -0.05) is 30.3 Å². The Morgan fingerprint density at radius 3 is 2.35 bits per heavy atom. The van der Waals surface area contributed by atoms with Gasteiger partial charge in [-0.2, -0.15) is 0 Å². The SMILES string of the molecule is COc1cc(C=O)ccc1OCC(=O)N(Cc1ccccc1)C(C)(C)C. The first-order valence-electron chi connectivity index (χ1n) is 8.45. The van der Waals surface area contributed by atoms with Crippen molar-refractivity contribution in [3.63, 3.8) is 0 Å². The lowest BCUT2D eigenvalue weighted by molar-refractivity contribution is -0.139. The molecule has 0 aliphatic carbocycles. The van der Waals surface area contributed by atoms with Crippen molar-refractivity contribution in [2.24, 2.45) is 0 Å². The molecule has 2 aromatic rings. The molecule has 0 fully saturated rings. The number of hydrogen-bond acceptors (Lipinski definition) is 4. The predicted octanol–water partition coefficient (Wildman–Crippen LogP) is 3.71. The highest BCUT2D eigenvalue weighted by Crippen LogP contribution is 2.28. The van der Waals surface area contributed by atoms with Crippen LogP contribution >= 0.6 is 0 Å². The van der Waals surface area contributed by atoms with Crippen LogP contribution in [0.4, 0.5) is 0 Å². The number of rotatable bonds is 7. The smallest absolute Gasteiger partial charge is 0.261 e. The summed E-state index contributed by atoms with van der Waals surface area (Å²) >= 11 is 0. The molecule has 0 aromatic heterocycles. The lowest BCUT2D eigenvalue weighted by atomic mass is 10.0. The maximum atomic E-state index is 12.8. The summed E-state index contributed by atoms with van der Waals surface area (Å²) in [5.41, 5.74) is 1.20. The summed E-state index contributed by atoms with van der Waals surface area (Å²) in [5, 5.41) is 0. The zero-order chi connectivity index (χ0) is 19.2. The van der Waals surface area contributed by atoms with Gasteiger partial charge in [0.15, 0.2) is 18.1 Å². The van der Waals surface area contributed by atoms with E-state index >= 15 is 0 Å². The fraction of sp³-hybridized carbons (Fsp3) is 0.333. The minimum absolute atomic E-state index is 0.110. The maximum Gasteiger partial charge on any atom is 0.261 e. The lowest BCUT2D eigenvalue weighted by Crippen LogP contribution is -2.47. The Hall–Kier alpha value is -2.82. The van der Waals surface area contributed by atoms with Crippen LogP contribution in [0.1, 0.15) is 36.7 Å². The van der Waals surface area contributed by atoms with Crippen LogP contribution < -0.4 is 9.47 Å². The van der Waals surface area contributed by atoms with E-state index in [0.717, 1.165) is 11.8 Å². The van der Waals surface area contributed by atoms with Crippen molar-refractivity contribution in [1.82, 2.24) is 4.90 Å². The molecule has 0 unspecified atom stereocenters. The molecule has 0 spiro atoms. The Kier molecular flexibility index (Phi) is 6.39. The number of nitrogens with zero attached hydrogens (tertiary/aromatic N) is 1. The molecule has 0 radical (unpaired) electrons. The summed E-state index contributed by atoms with van der Waals surface area (Å²) in [5.74, 6) is 0.732. The van der Waals surface area contributed by atoms with Crippen LogP contribution in [0.5, 0.6) is 11.5 Å². The molecule has 1 amide bonds. The molecular formula is C21H25NO4. The van der Waals surface area contributed by atoms with Gasteiger partial charge in [0.05, 0.1) is 7.11 Å². The minimum Gasteiger partial charge on any atom is -0.493 e. The van der Waals surface area contributed by atoms with E-state index in [1.54, 1.807) is 23.1 Å². The van der Waals surface area contributed by atoms with E-state index in [0.29, 0.717) is 23.6 Å². The quantitative estimate of drug-likeness (QED) is 0.711. The molecule has 0 N–H and O–H groups in total. The fourth-order valence-corrected chi connectivity index (χ4v) is 2.56. The fourth-order valence-electron chi connectivity index (χ4n) is 2.56. The van der Waals surface area contributed by atoms with E-state index in [1.165, 1.54) is 7.11 Å². The zero-order valence-corrected chi connectivity index (χ0v) is 15.7. The average Bonchev–Trinajstić information content (AvgIpc) is 2.64. The molecule has 0 saturated heterocycles. The normalized spacial score (nSPS) is 10.9. The second-order valence-corrected chi connectivity index (χ2v) is 6.95. The van der Waals surface area contributed by atoms with Gasteiger partial charge in [-0.3, -0.25) is 9.59 Å². The van der Waals surface area contributed by atoms with Crippen LogP contribution in [-0.2, 0) is 11.3 Å². The van der Waals surface area contributed by atoms with Gasteiger partial charge in [-0.05, 0) is 44.5 Å². The van der Waals surface area contributed by atoms with E-state index < -0.39 is 0 Å². The topological polar surface area (TPSA) is 55.8 Å². The van der Waals surface area contributed by atoms with Crippen LogP contribution in [0.3, 0.4) is 0 Å². The summed E-state index contributed by atoms with van der Waals surface area (Å²) in [6, 6.07) is 14.7. The number of methoxy groups -OCH3 is 1. The molecule has 0 aliphatic heterocycles. The van der Waals surface area contributed by atoms with Crippen molar-refractivity contribution in [3.8, 4) is 11.5 Å². The van der Waals surface area contributed by atoms with E-state index in [4.69, 9.17) is 9.47 Å². The summed E-state index contributed by atoms with van der Waals surface area (Å²) < 4.78 is 10.9. The highest BCUT2D eigenvalue weighted by Gasteiger charge is 2.27. The Morgan fingerprint density at radius 2 is 1.77 bits per heavy atom. The van der Waals surface area contributed by atoms with Gasteiger partial charge >= 0.3 is 0 Å². The van der Waals surface area contributed by atoms with E-state index in [1.807, 2.05) is 51.1 Å². The van der Waals surface area contributed by atoms with Gasteiger partial charge in [-0.15, -0.1) is 0 Å². The van der Waals surface area contributed by atoms with Crippen molar-refractivity contribution in [2.45, 2.75) is 32.9 Å². The van der Waals surface area contributed by atoms with Crippen LogP contribution in [0, 0.1) is 0 Å². The van der Waals surface area contributed by atoms with E-state index in [-0.39, 0.29) is 18.1 Å². The number of ether oxygens (including phenoxy) is 2. The second kappa shape index (κ2) is 8.52. The summed E-state index contributed by atoms with van der Waals surface area (Å²) in [6.45, 7) is 6.38. The number of amides is 1. The summed E-state index contributed by atoms with van der Waals surface area (Å²) in [4.78, 5) is 25.4. The number of carbonyl (C=O) groups excluding carboxylic acids is 2. The highest BCUT2D eigenvalue weighted by molar-refractivity contribution is 5.79. The monoisotopic (exact) mass is 355 g/mol. The number of benzene rings is 2. The van der Waals surface area contributed by atoms with Crippen molar-refractivity contribution >= 4 is 12.2 Å². The molecule has 2 aromatic carbocycles. The predicted molar refractivity (Wildman–Crippen MR) is 101 cm³/mol. The molecule has 0 bridgehead atoms.